The van der Waals surface area contributed by atoms with Crippen molar-refractivity contribution in [1.29, 1.82) is 0 Å². The molecular formula is C14H20N4S. The molecule has 1 aliphatic carbocycles. The van der Waals surface area contributed by atoms with E-state index in [9.17, 15) is 0 Å². The van der Waals surface area contributed by atoms with Crippen molar-refractivity contribution in [3.05, 3.63) is 24.4 Å². The average Bonchev–Trinajstić information content (AvgIpc) is 3.05. The van der Waals surface area contributed by atoms with Crippen LogP contribution in [-0.2, 0) is 0 Å². The smallest absolute Gasteiger partial charge is 0.195 e. The molecule has 0 saturated heterocycles. The lowest BCUT2D eigenvalue weighted by atomic mass is 10.2. The number of fused-ring (bicyclic) bond motifs is 1. The number of pyridine rings is 1. The zero-order valence-electron chi connectivity index (χ0n) is 11.2. The number of hydrogen-bond acceptors (Lipinski definition) is 4. The molecule has 0 spiro atoms. The molecule has 3 rings (SSSR count). The van der Waals surface area contributed by atoms with E-state index in [0.717, 1.165) is 17.3 Å². The summed E-state index contributed by atoms with van der Waals surface area (Å²) in [5.74, 6) is 0. The van der Waals surface area contributed by atoms with Gasteiger partial charge in [0.2, 0.25) is 0 Å². The average molecular weight is 276 g/mol. The molecule has 0 aromatic carbocycles. The van der Waals surface area contributed by atoms with Crippen LogP contribution in [0.2, 0.25) is 0 Å². The summed E-state index contributed by atoms with van der Waals surface area (Å²) in [6, 6.07) is 6.65. The molecule has 1 saturated carbocycles. The first-order chi connectivity index (χ1) is 9.38. The molecule has 1 N–H and O–H groups in total. The highest BCUT2D eigenvalue weighted by Crippen LogP contribution is 2.34. The fourth-order valence-electron chi connectivity index (χ4n) is 2.67. The SMILES string of the molecule is CCCNC1CCCC1Sc1nnc2ccccn12. The molecule has 2 aromatic heterocycles. The zero-order chi connectivity index (χ0) is 13.1. The van der Waals surface area contributed by atoms with Crippen LogP contribution in [0.1, 0.15) is 32.6 Å². The monoisotopic (exact) mass is 276 g/mol. The number of aromatic nitrogens is 3. The molecule has 0 aliphatic heterocycles. The third-order valence-corrected chi connectivity index (χ3v) is 5.00. The maximum absolute atomic E-state index is 4.32. The second-order valence-corrected chi connectivity index (χ2v) is 6.27. The van der Waals surface area contributed by atoms with Crippen LogP contribution in [0, 0.1) is 0 Å². The Bertz CT molecular complexity index is 539. The minimum atomic E-state index is 0.624. The minimum Gasteiger partial charge on any atom is -0.313 e. The summed E-state index contributed by atoms with van der Waals surface area (Å²) in [5, 5.41) is 13.8. The van der Waals surface area contributed by atoms with Crippen LogP contribution in [0.15, 0.2) is 29.6 Å². The highest BCUT2D eigenvalue weighted by molar-refractivity contribution is 7.99. The van der Waals surface area contributed by atoms with Crippen molar-refractivity contribution in [1.82, 2.24) is 19.9 Å². The van der Waals surface area contributed by atoms with Crippen molar-refractivity contribution in [2.75, 3.05) is 6.54 Å². The van der Waals surface area contributed by atoms with Crippen molar-refractivity contribution < 1.29 is 0 Å². The third-order valence-electron chi connectivity index (χ3n) is 3.65. The van der Waals surface area contributed by atoms with Crippen molar-refractivity contribution in [3.63, 3.8) is 0 Å². The molecular weight excluding hydrogens is 256 g/mol. The van der Waals surface area contributed by atoms with Gasteiger partial charge < -0.3 is 5.32 Å². The Kier molecular flexibility index (Phi) is 4.03. The van der Waals surface area contributed by atoms with Gasteiger partial charge in [-0.2, -0.15) is 0 Å². The number of thioether (sulfide) groups is 1. The van der Waals surface area contributed by atoms with E-state index in [1.807, 2.05) is 36.2 Å². The Morgan fingerprint density at radius 3 is 3.21 bits per heavy atom. The van der Waals surface area contributed by atoms with Crippen LogP contribution < -0.4 is 5.32 Å². The van der Waals surface area contributed by atoms with Crippen molar-refractivity contribution in [2.24, 2.45) is 0 Å². The van der Waals surface area contributed by atoms with Gasteiger partial charge in [-0.05, 0) is 37.9 Å². The van der Waals surface area contributed by atoms with Crippen molar-refractivity contribution >= 4 is 17.4 Å². The molecule has 0 bridgehead atoms. The lowest BCUT2D eigenvalue weighted by Gasteiger charge is -2.19. The second-order valence-electron chi connectivity index (χ2n) is 5.06. The predicted octanol–water partition coefficient (Wildman–Crippen LogP) is 2.74. The van der Waals surface area contributed by atoms with Gasteiger partial charge in [0.05, 0.1) is 0 Å². The molecule has 0 amide bonds. The molecule has 19 heavy (non-hydrogen) atoms. The second kappa shape index (κ2) is 5.92. The molecule has 2 aromatic rings. The van der Waals surface area contributed by atoms with E-state index in [-0.39, 0.29) is 0 Å². The molecule has 102 valence electrons. The van der Waals surface area contributed by atoms with E-state index in [0.29, 0.717) is 11.3 Å². The van der Waals surface area contributed by atoms with Crippen molar-refractivity contribution in [2.45, 2.75) is 49.1 Å². The Morgan fingerprint density at radius 1 is 1.37 bits per heavy atom. The zero-order valence-corrected chi connectivity index (χ0v) is 12.1. The van der Waals surface area contributed by atoms with Gasteiger partial charge in [-0.15, -0.1) is 10.2 Å². The van der Waals surface area contributed by atoms with Crippen LogP contribution >= 0.6 is 11.8 Å². The summed E-state index contributed by atoms with van der Waals surface area (Å²) in [4.78, 5) is 0. The summed E-state index contributed by atoms with van der Waals surface area (Å²) in [7, 11) is 0. The van der Waals surface area contributed by atoms with Gasteiger partial charge in [-0.3, -0.25) is 4.40 Å². The maximum atomic E-state index is 4.32. The number of nitrogens with one attached hydrogen (secondary N) is 1. The summed E-state index contributed by atoms with van der Waals surface area (Å²) < 4.78 is 2.08. The summed E-state index contributed by atoms with van der Waals surface area (Å²) in [5.41, 5.74) is 0.932. The van der Waals surface area contributed by atoms with Gasteiger partial charge in [0.25, 0.3) is 0 Å². The standard InChI is InChI=1S/C14H20N4S/c1-2-9-15-11-6-5-7-12(11)19-14-17-16-13-8-3-4-10-18(13)14/h3-4,8,10-12,15H,2,5-7,9H2,1H3. The summed E-state index contributed by atoms with van der Waals surface area (Å²) in [6.07, 6.45) is 7.11. The molecule has 1 fully saturated rings. The minimum absolute atomic E-state index is 0.624. The van der Waals surface area contributed by atoms with Gasteiger partial charge in [0.1, 0.15) is 0 Å². The Balaban J connectivity index is 1.73. The lowest BCUT2D eigenvalue weighted by molar-refractivity contribution is 0.530. The Hall–Kier alpha value is -1.07. The van der Waals surface area contributed by atoms with E-state index in [2.05, 4.69) is 26.8 Å². The molecule has 2 heterocycles. The fourth-order valence-corrected chi connectivity index (χ4v) is 3.97. The maximum Gasteiger partial charge on any atom is 0.195 e. The van der Waals surface area contributed by atoms with E-state index in [4.69, 9.17) is 0 Å². The van der Waals surface area contributed by atoms with Gasteiger partial charge >= 0.3 is 0 Å². The Labute approximate surface area is 118 Å². The molecule has 0 radical (unpaired) electrons. The van der Waals surface area contributed by atoms with Crippen molar-refractivity contribution in [3.8, 4) is 0 Å². The first-order valence-electron chi connectivity index (χ1n) is 7.08. The predicted molar refractivity (Wildman–Crippen MR) is 78.6 cm³/mol. The van der Waals surface area contributed by atoms with Gasteiger partial charge in [0.15, 0.2) is 10.8 Å². The molecule has 2 unspecified atom stereocenters. The van der Waals surface area contributed by atoms with E-state index in [1.54, 1.807) is 0 Å². The van der Waals surface area contributed by atoms with Gasteiger partial charge in [-0.25, -0.2) is 0 Å². The van der Waals surface area contributed by atoms with Crippen LogP contribution in [0.5, 0.6) is 0 Å². The third kappa shape index (κ3) is 2.77. The van der Waals surface area contributed by atoms with Crippen LogP contribution in [-0.4, -0.2) is 32.4 Å². The van der Waals surface area contributed by atoms with Crippen LogP contribution in [0.3, 0.4) is 0 Å². The quantitative estimate of drug-likeness (QED) is 0.912. The van der Waals surface area contributed by atoms with Crippen LogP contribution in [0.4, 0.5) is 0 Å². The number of hydrogen-bond donors (Lipinski definition) is 1. The lowest BCUT2D eigenvalue weighted by Crippen LogP contribution is -2.34. The number of rotatable bonds is 5. The summed E-state index contributed by atoms with van der Waals surface area (Å²) in [6.45, 7) is 3.33. The first kappa shape index (κ1) is 12.9. The number of nitrogens with zero attached hydrogens (tertiary/aromatic N) is 3. The first-order valence-corrected chi connectivity index (χ1v) is 7.96. The van der Waals surface area contributed by atoms with E-state index in [1.165, 1.54) is 25.7 Å². The highest BCUT2D eigenvalue weighted by Gasteiger charge is 2.28. The van der Waals surface area contributed by atoms with E-state index < -0.39 is 0 Å². The largest absolute Gasteiger partial charge is 0.313 e. The fraction of sp³-hybridized carbons (Fsp3) is 0.571. The molecule has 1 aliphatic rings. The topological polar surface area (TPSA) is 42.2 Å². The normalized spacial score (nSPS) is 23.2. The van der Waals surface area contributed by atoms with Crippen LogP contribution in [0.25, 0.3) is 5.65 Å². The molecule has 4 nitrogen and oxygen atoms in total. The summed E-state index contributed by atoms with van der Waals surface area (Å²) >= 11 is 1.87. The van der Waals surface area contributed by atoms with Gasteiger partial charge in [0, 0.05) is 17.5 Å². The van der Waals surface area contributed by atoms with E-state index >= 15 is 0 Å². The van der Waals surface area contributed by atoms with Gasteiger partial charge in [-0.1, -0.05) is 31.2 Å². The Morgan fingerprint density at radius 2 is 2.32 bits per heavy atom. The molecule has 2 atom stereocenters. The highest BCUT2D eigenvalue weighted by atomic mass is 32.2. The molecule has 5 heteroatoms.